The maximum atomic E-state index is 11.9. The first-order chi connectivity index (χ1) is 7.18. The molecule has 1 aromatic rings. The van der Waals surface area contributed by atoms with E-state index in [1.54, 1.807) is 0 Å². The Balaban J connectivity index is 2.76. The Hall–Kier alpha value is -1.33. The molecule has 90 valence electrons. The molecule has 0 unspecified atom stereocenters. The van der Waals surface area contributed by atoms with E-state index in [0.717, 1.165) is 0 Å². The van der Waals surface area contributed by atoms with Gasteiger partial charge in [0, 0.05) is 11.5 Å². The molecule has 0 N–H and O–H groups in total. The van der Waals surface area contributed by atoms with Gasteiger partial charge in [0.25, 0.3) is 0 Å². The highest BCUT2D eigenvalue weighted by Gasteiger charge is 2.29. The minimum atomic E-state index is -4.35. The Morgan fingerprint density at radius 2 is 1.81 bits per heavy atom. The van der Waals surface area contributed by atoms with Crippen LogP contribution in [0.25, 0.3) is 0 Å². The molecule has 3 nitrogen and oxygen atoms in total. The maximum absolute atomic E-state index is 11.9. The van der Waals surface area contributed by atoms with Gasteiger partial charge in [0.2, 0.25) is 5.88 Å². The lowest BCUT2D eigenvalue weighted by atomic mass is 9.92. The van der Waals surface area contributed by atoms with Gasteiger partial charge in [-0.05, 0) is 0 Å². The van der Waals surface area contributed by atoms with Crippen molar-refractivity contribution in [3.05, 3.63) is 18.1 Å². The summed E-state index contributed by atoms with van der Waals surface area (Å²) >= 11 is 0. The molecule has 0 aromatic carbocycles. The van der Waals surface area contributed by atoms with Crippen molar-refractivity contribution in [1.82, 2.24) is 9.97 Å². The first-order valence-electron chi connectivity index (χ1n) is 4.70. The highest BCUT2D eigenvalue weighted by atomic mass is 19.4. The summed E-state index contributed by atoms with van der Waals surface area (Å²) in [6, 6.07) is 1.42. The van der Waals surface area contributed by atoms with Crippen LogP contribution >= 0.6 is 0 Å². The molecule has 1 rings (SSSR count). The average molecular weight is 234 g/mol. The van der Waals surface area contributed by atoms with Gasteiger partial charge in [-0.2, -0.15) is 13.2 Å². The zero-order valence-corrected chi connectivity index (χ0v) is 9.30. The highest BCUT2D eigenvalue weighted by Crippen LogP contribution is 2.23. The molecule has 0 saturated heterocycles. The molecule has 0 spiro atoms. The lowest BCUT2D eigenvalue weighted by Gasteiger charge is -2.17. The van der Waals surface area contributed by atoms with Gasteiger partial charge in [-0.15, -0.1) is 0 Å². The monoisotopic (exact) mass is 234 g/mol. The van der Waals surface area contributed by atoms with Gasteiger partial charge in [0.1, 0.15) is 6.33 Å². The predicted molar refractivity (Wildman–Crippen MR) is 52.3 cm³/mol. The van der Waals surface area contributed by atoms with Gasteiger partial charge < -0.3 is 4.74 Å². The first-order valence-corrected chi connectivity index (χ1v) is 4.70. The van der Waals surface area contributed by atoms with Crippen LogP contribution in [0.3, 0.4) is 0 Å². The van der Waals surface area contributed by atoms with Gasteiger partial charge in [-0.25, -0.2) is 9.97 Å². The Labute approximate surface area is 91.7 Å². The lowest BCUT2D eigenvalue weighted by Crippen LogP contribution is -2.20. The second-order valence-electron chi connectivity index (χ2n) is 4.40. The third-order valence-electron chi connectivity index (χ3n) is 1.79. The molecule has 0 fully saturated rings. The van der Waals surface area contributed by atoms with Crippen molar-refractivity contribution < 1.29 is 17.9 Å². The third kappa shape index (κ3) is 4.04. The lowest BCUT2D eigenvalue weighted by molar-refractivity contribution is -0.154. The minimum Gasteiger partial charge on any atom is -0.468 e. The summed E-state index contributed by atoms with van der Waals surface area (Å²) in [5.74, 6) is -0.0581. The van der Waals surface area contributed by atoms with Crippen LogP contribution in [0.4, 0.5) is 13.2 Å². The largest absolute Gasteiger partial charge is 0.468 e. The summed E-state index contributed by atoms with van der Waals surface area (Å²) < 4.78 is 40.3. The quantitative estimate of drug-likeness (QED) is 0.789. The predicted octanol–water partition coefficient (Wildman–Crippen LogP) is 2.72. The van der Waals surface area contributed by atoms with E-state index in [9.17, 15) is 13.2 Å². The summed E-state index contributed by atoms with van der Waals surface area (Å²) in [5.41, 5.74) is 0.388. The molecule has 6 heteroatoms. The van der Waals surface area contributed by atoms with Crippen molar-refractivity contribution in [1.29, 1.82) is 0 Å². The number of nitrogens with zero attached hydrogens (tertiary/aromatic N) is 2. The van der Waals surface area contributed by atoms with E-state index in [1.165, 1.54) is 12.4 Å². The zero-order valence-electron chi connectivity index (χ0n) is 9.30. The Morgan fingerprint density at radius 1 is 1.19 bits per heavy atom. The Bertz CT molecular complexity index is 358. The van der Waals surface area contributed by atoms with E-state index in [2.05, 4.69) is 14.7 Å². The van der Waals surface area contributed by atoms with E-state index in [1.807, 2.05) is 20.8 Å². The van der Waals surface area contributed by atoms with Crippen molar-refractivity contribution >= 4 is 0 Å². The van der Waals surface area contributed by atoms with Crippen LogP contribution in [-0.2, 0) is 5.41 Å². The average Bonchev–Trinajstić information content (AvgIpc) is 2.13. The summed E-state index contributed by atoms with van der Waals surface area (Å²) in [6.45, 7) is 4.38. The Kier molecular flexibility index (Phi) is 3.40. The van der Waals surface area contributed by atoms with Crippen LogP contribution in [0.15, 0.2) is 12.4 Å². The molecule has 16 heavy (non-hydrogen) atoms. The summed E-state index contributed by atoms with van der Waals surface area (Å²) in [7, 11) is 0. The van der Waals surface area contributed by atoms with E-state index in [-0.39, 0.29) is 11.3 Å². The SMILES string of the molecule is CC(C)(C)c1cc(OCC(F)(F)F)ncn1. The minimum absolute atomic E-state index is 0.0581. The summed E-state index contributed by atoms with van der Waals surface area (Å²) in [5, 5.41) is 0. The van der Waals surface area contributed by atoms with Crippen LogP contribution in [0.5, 0.6) is 5.88 Å². The van der Waals surface area contributed by atoms with E-state index in [0.29, 0.717) is 5.69 Å². The third-order valence-corrected chi connectivity index (χ3v) is 1.79. The molecule has 0 radical (unpaired) electrons. The molecule has 0 aliphatic rings. The normalized spacial score (nSPS) is 12.6. The Morgan fingerprint density at radius 3 is 2.31 bits per heavy atom. The molecule has 0 saturated carbocycles. The fourth-order valence-corrected chi connectivity index (χ4v) is 0.984. The van der Waals surface area contributed by atoms with Crippen molar-refractivity contribution in [3.63, 3.8) is 0 Å². The molecular formula is C10H13F3N2O. The van der Waals surface area contributed by atoms with Crippen molar-refractivity contribution in [2.75, 3.05) is 6.61 Å². The first kappa shape index (κ1) is 12.7. The molecule has 1 heterocycles. The number of hydrogen-bond acceptors (Lipinski definition) is 3. The van der Waals surface area contributed by atoms with E-state index < -0.39 is 12.8 Å². The number of rotatable bonds is 2. The second kappa shape index (κ2) is 4.27. The fraction of sp³-hybridized carbons (Fsp3) is 0.600. The molecular weight excluding hydrogens is 221 g/mol. The van der Waals surface area contributed by atoms with Gasteiger partial charge in [-0.3, -0.25) is 0 Å². The highest BCUT2D eigenvalue weighted by molar-refractivity contribution is 5.19. The zero-order chi connectivity index (χ0) is 12.4. The number of ether oxygens (including phenoxy) is 1. The van der Waals surface area contributed by atoms with E-state index >= 15 is 0 Å². The maximum Gasteiger partial charge on any atom is 0.422 e. The van der Waals surface area contributed by atoms with Crippen molar-refractivity contribution in [2.24, 2.45) is 0 Å². The second-order valence-corrected chi connectivity index (χ2v) is 4.40. The molecule has 1 aromatic heterocycles. The van der Waals surface area contributed by atoms with Gasteiger partial charge >= 0.3 is 6.18 Å². The molecule has 0 atom stereocenters. The molecule has 0 aliphatic carbocycles. The van der Waals surface area contributed by atoms with Crippen LogP contribution in [0, 0.1) is 0 Å². The summed E-state index contributed by atoms with van der Waals surface area (Å²) in [4.78, 5) is 7.61. The number of aromatic nitrogens is 2. The number of hydrogen-bond donors (Lipinski definition) is 0. The van der Waals surface area contributed by atoms with Crippen LogP contribution in [0.1, 0.15) is 26.5 Å². The van der Waals surface area contributed by atoms with Crippen LogP contribution < -0.4 is 4.74 Å². The van der Waals surface area contributed by atoms with E-state index in [4.69, 9.17) is 0 Å². The molecule has 0 bridgehead atoms. The van der Waals surface area contributed by atoms with Gasteiger partial charge in [0.05, 0.1) is 5.69 Å². The number of halogens is 3. The fourth-order valence-electron chi connectivity index (χ4n) is 0.984. The van der Waals surface area contributed by atoms with Crippen LogP contribution in [-0.4, -0.2) is 22.8 Å². The van der Waals surface area contributed by atoms with Gasteiger partial charge in [-0.1, -0.05) is 20.8 Å². The van der Waals surface area contributed by atoms with Crippen molar-refractivity contribution in [2.45, 2.75) is 32.4 Å². The molecule has 0 aliphatic heterocycles. The molecule has 0 amide bonds. The van der Waals surface area contributed by atoms with Gasteiger partial charge in [0.15, 0.2) is 6.61 Å². The van der Waals surface area contributed by atoms with Crippen molar-refractivity contribution in [3.8, 4) is 5.88 Å². The summed E-state index contributed by atoms with van der Waals surface area (Å²) in [6.07, 6.45) is -3.15. The topological polar surface area (TPSA) is 35.0 Å². The smallest absolute Gasteiger partial charge is 0.422 e. The number of alkyl halides is 3. The van der Waals surface area contributed by atoms with Crippen LogP contribution in [0.2, 0.25) is 0 Å². The standard InChI is InChI=1S/C10H13F3N2O/c1-9(2,3)7-4-8(15-6-14-7)16-5-10(11,12)13/h4,6H,5H2,1-3H3.